The molecule has 1 amide bonds. The number of amides is 1. The summed E-state index contributed by atoms with van der Waals surface area (Å²) < 4.78 is 72.6. The molecule has 0 heterocycles. The van der Waals surface area contributed by atoms with Crippen LogP contribution in [0.4, 0.5) is 4.79 Å². The second kappa shape index (κ2) is 15.6. The summed E-state index contributed by atoms with van der Waals surface area (Å²) >= 11 is 0. The Bertz CT molecular complexity index is 1220. The van der Waals surface area contributed by atoms with E-state index in [0.717, 1.165) is 22.5 Å². The molecule has 42 heavy (non-hydrogen) atoms. The molecule has 0 saturated heterocycles. The maximum absolute atomic E-state index is 13.7. The van der Waals surface area contributed by atoms with E-state index in [1.165, 1.54) is 12.1 Å². The number of para-hydroxylation sites is 1. The minimum absolute atomic E-state index is 0.113. The van der Waals surface area contributed by atoms with Crippen molar-refractivity contribution in [3.8, 4) is 5.75 Å². The maximum atomic E-state index is 13.7. The zero-order chi connectivity index (χ0) is 32.4. The van der Waals surface area contributed by atoms with Gasteiger partial charge in [0.25, 0.3) is 20.2 Å². The molecule has 1 aromatic rings. The van der Waals surface area contributed by atoms with Gasteiger partial charge in [-0.05, 0) is 60.1 Å². The zero-order valence-corrected chi connectivity index (χ0v) is 26.9. The molecule has 0 aliphatic carbocycles. The van der Waals surface area contributed by atoms with Crippen LogP contribution < -0.4 is 4.74 Å². The van der Waals surface area contributed by atoms with Crippen LogP contribution in [-0.4, -0.2) is 101 Å². The largest absolute Gasteiger partial charge is 0.460 e. The van der Waals surface area contributed by atoms with Crippen LogP contribution in [0, 0.1) is 0 Å². The highest BCUT2D eigenvalue weighted by Crippen LogP contribution is 2.21. The molecule has 240 valence electrons. The number of ether oxygens (including phenoxy) is 3. The summed E-state index contributed by atoms with van der Waals surface area (Å²) in [5.74, 6) is -1.45. The molecule has 0 aliphatic rings. The quantitative estimate of drug-likeness (QED) is 0.156. The Morgan fingerprint density at radius 1 is 0.786 bits per heavy atom. The van der Waals surface area contributed by atoms with Gasteiger partial charge in [0.15, 0.2) is 0 Å². The van der Waals surface area contributed by atoms with Gasteiger partial charge < -0.3 is 14.2 Å². The minimum Gasteiger partial charge on any atom is -0.460 e. The number of hydrogen-bond donors (Lipinski definition) is 0. The predicted molar refractivity (Wildman–Crippen MR) is 152 cm³/mol. The molecule has 14 nitrogen and oxygen atoms in total. The van der Waals surface area contributed by atoms with Crippen LogP contribution in [0.2, 0.25) is 0 Å². The van der Waals surface area contributed by atoms with E-state index in [0.29, 0.717) is 0 Å². The lowest BCUT2D eigenvalue weighted by Gasteiger charge is -2.39. The number of hydrogen-bond acceptors (Lipinski definition) is 13. The molecule has 0 radical (unpaired) electrons. The number of hydrazine groups is 1. The summed E-state index contributed by atoms with van der Waals surface area (Å²) in [7, 11) is -7.80. The summed E-state index contributed by atoms with van der Waals surface area (Å²) in [6, 6.07) is 6.39. The summed E-state index contributed by atoms with van der Waals surface area (Å²) in [5.41, 5.74) is -1.82. The standard InChI is InChI=1S/C26H42N2O12S2/c1-25(2,3)39-22(29)15-14-21(23(30)40-26(4,5)6)28(24(31)38-20-12-10-9-11-13-20)27(16-18-36-41(7,32)33)17-19-37-42(8,34)35/h9-13,21H,14-19H2,1-8H3/t21-/m0/s1. The molecule has 1 rings (SSSR count). The van der Waals surface area contributed by atoms with Crippen molar-refractivity contribution in [3.63, 3.8) is 0 Å². The average Bonchev–Trinajstić information content (AvgIpc) is 2.77. The second-order valence-electron chi connectivity index (χ2n) is 11.2. The molecule has 0 fully saturated rings. The Morgan fingerprint density at radius 3 is 1.69 bits per heavy atom. The molecule has 0 saturated carbocycles. The fraction of sp³-hybridized carbons (Fsp3) is 0.654. The summed E-state index contributed by atoms with van der Waals surface area (Å²) in [5, 5.41) is 1.99. The Kier molecular flexibility index (Phi) is 13.8. The lowest BCUT2D eigenvalue weighted by atomic mass is 10.1. The van der Waals surface area contributed by atoms with Crippen LogP contribution >= 0.6 is 0 Å². The Labute approximate surface area is 248 Å². The van der Waals surface area contributed by atoms with Crippen molar-refractivity contribution in [2.75, 3.05) is 38.8 Å². The third kappa shape index (κ3) is 16.6. The first-order chi connectivity index (χ1) is 19.1. The van der Waals surface area contributed by atoms with Gasteiger partial charge in [-0.2, -0.15) is 16.8 Å². The molecule has 0 N–H and O–H groups in total. The predicted octanol–water partition coefficient (Wildman–Crippen LogP) is 2.49. The highest BCUT2D eigenvalue weighted by Gasteiger charge is 2.39. The molecule has 0 aliphatic heterocycles. The van der Waals surface area contributed by atoms with E-state index in [2.05, 4.69) is 0 Å². The van der Waals surface area contributed by atoms with Crippen molar-refractivity contribution in [1.82, 2.24) is 10.0 Å². The van der Waals surface area contributed by atoms with Crippen LogP contribution in [0.3, 0.4) is 0 Å². The molecule has 0 aromatic heterocycles. The van der Waals surface area contributed by atoms with Gasteiger partial charge in [0.1, 0.15) is 23.0 Å². The molecule has 1 atom stereocenters. The number of carbonyl (C=O) groups excluding carboxylic acids is 3. The van der Waals surface area contributed by atoms with E-state index in [-0.39, 0.29) is 31.7 Å². The third-order valence-electron chi connectivity index (χ3n) is 4.75. The first-order valence-electron chi connectivity index (χ1n) is 13.0. The second-order valence-corrected chi connectivity index (χ2v) is 14.5. The van der Waals surface area contributed by atoms with Crippen LogP contribution in [0.25, 0.3) is 0 Å². The highest BCUT2D eigenvalue weighted by molar-refractivity contribution is 7.86. The Balaban J connectivity index is 3.58. The molecular formula is C26H42N2O12S2. The van der Waals surface area contributed by atoms with Crippen LogP contribution in [0.1, 0.15) is 54.4 Å². The van der Waals surface area contributed by atoms with Gasteiger partial charge in [-0.15, -0.1) is 0 Å². The Hall–Kier alpha value is -2.79. The number of nitrogens with zero attached hydrogens (tertiary/aromatic N) is 2. The van der Waals surface area contributed by atoms with Crippen LogP contribution in [0.5, 0.6) is 5.75 Å². The van der Waals surface area contributed by atoms with Gasteiger partial charge in [0.2, 0.25) is 0 Å². The maximum Gasteiger partial charge on any atom is 0.430 e. The summed E-state index contributed by atoms with van der Waals surface area (Å²) in [4.78, 5) is 39.8. The molecule has 16 heteroatoms. The Morgan fingerprint density at radius 2 is 1.26 bits per heavy atom. The number of carbonyl (C=O) groups is 3. The smallest absolute Gasteiger partial charge is 0.430 e. The van der Waals surface area contributed by atoms with E-state index in [4.69, 9.17) is 22.6 Å². The summed E-state index contributed by atoms with van der Waals surface area (Å²) in [6.07, 6.45) is -0.0420. The van der Waals surface area contributed by atoms with E-state index in [1.807, 2.05) is 0 Å². The lowest BCUT2D eigenvalue weighted by Crippen LogP contribution is -2.58. The number of esters is 2. The van der Waals surface area contributed by atoms with E-state index in [9.17, 15) is 31.2 Å². The fourth-order valence-electron chi connectivity index (χ4n) is 3.35. The van der Waals surface area contributed by atoms with Gasteiger partial charge >= 0.3 is 18.0 Å². The topological polar surface area (TPSA) is 172 Å². The van der Waals surface area contributed by atoms with Crippen molar-refractivity contribution in [3.05, 3.63) is 30.3 Å². The van der Waals surface area contributed by atoms with Gasteiger partial charge in [-0.25, -0.2) is 19.6 Å². The fourth-order valence-corrected chi connectivity index (χ4v) is 4.10. The molecule has 0 unspecified atom stereocenters. The average molecular weight is 639 g/mol. The van der Waals surface area contributed by atoms with E-state index < -0.39 is 68.7 Å². The molecule has 0 bridgehead atoms. The monoisotopic (exact) mass is 638 g/mol. The van der Waals surface area contributed by atoms with Crippen molar-refractivity contribution in [1.29, 1.82) is 0 Å². The minimum atomic E-state index is -3.90. The van der Waals surface area contributed by atoms with Crippen LogP contribution in [-0.2, 0) is 47.7 Å². The van der Waals surface area contributed by atoms with Crippen LogP contribution in [0.15, 0.2) is 30.3 Å². The number of benzene rings is 1. The lowest BCUT2D eigenvalue weighted by molar-refractivity contribution is -0.169. The number of rotatable bonds is 15. The van der Waals surface area contributed by atoms with Gasteiger partial charge in [-0.3, -0.25) is 13.2 Å². The molecular weight excluding hydrogens is 596 g/mol. The van der Waals surface area contributed by atoms with Gasteiger partial charge in [0, 0.05) is 19.5 Å². The van der Waals surface area contributed by atoms with Crippen molar-refractivity contribution in [2.45, 2.75) is 71.6 Å². The zero-order valence-electron chi connectivity index (χ0n) is 25.3. The first-order valence-corrected chi connectivity index (χ1v) is 16.6. The van der Waals surface area contributed by atoms with Gasteiger partial charge in [0.05, 0.1) is 25.7 Å². The van der Waals surface area contributed by atoms with Crippen molar-refractivity contribution < 1.29 is 53.8 Å². The van der Waals surface area contributed by atoms with Crippen molar-refractivity contribution >= 4 is 38.3 Å². The molecule has 1 aromatic carbocycles. The highest BCUT2D eigenvalue weighted by atomic mass is 32.2. The summed E-state index contributed by atoms with van der Waals surface area (Å²) in [6.45, 7) is 8.20. The van der Waals surface area contributed by atoms with E-state index in [1.54, 1.807) is 59.7 Å². The van der Waals surface area contributed by atoms with Crippen molar-refractivity contribution in [2.24, 2.45) is 0 Å². The first kappa shape index (κ1) is 37.2. The van der Waals surface area contributed by atoms with E-state index >= 15 is 0 Å². The normalized spacial score (nSPS) is 13.4. The SMILES string of the molecule is CC(C)(C)OC(=O)CC[C@@H](C(=O)OC(C)(C)C)N(C(=O)Oc1ccccc1)N(CCOS(C)(=O)=O)CCOS(C)(=O)=O. The third-order valence-corrected chi connectivity index (χ3v) is 5.94. The van der Waals surface area contributed by atoms with Gasteiger partial charge in [-0.1, -0.05) is 18.2 Å². The molecule has 0 spiro atoms.